The van der Waals surface area contributed by atoms with Crippen LogP contribution in [-0.2, 0) is 9.53 Å². The largest absolute Gasteiger partial charge is 0.457 e. The molecule has 0 spiro atoms. The number of esters is 1. The minimum absolute atomic E-state index is 0.348. The maximum Gasteiger partial charge on any atom is 0.330 e. The minimum Gasteiger partial charge on any atom is -0.457 e. The average Bonchev–Trinajstić information content (AvgIpc) is 2.11. The van der Waals surface area contributed by atoms with Crippen LogP contribution in [0.1, 0.15) is 53.4 Å². The summed E-state index contributed by atoms with van der Waals surface area (Å²) in [6.45, 7) is 7.57. The first-order chi connectivity index (χ1) is 7.35. The zero-order valence-corrected chi connectivity index (χ0v) is 10.8. The molecule has 0 amide bonds. The van der Waals surface area contributed by atoms with Crippen molar-refractivity contribution < 1.29 is 14.6 Å². The summed E-state index contributed by atoms with van der Waals surface area (Å²) in [5, 5.41) is 9.52. The van der Waals surface area contributed by atoms with Crippen molar-refractivity contribution in [2.75, 3.05) is 0 Å². The molecule has 0 saturated carbocycles. The monoisotopic (exact) mass is 228 g/mol. The van der Waals surface area contributed by atoms with E-state index in [1.165, 1.54) is 6.08 Å². The van der Waals surface area contributed by atoms with Gasteiger partial charge in [0.2, 0.25) is 0 Å². The molecule has 0 aromatic carbocycles. The molecule has 0 aromatic heterocycles. The molecule has 0 heterocycles. The fraction of sp³-hybridized carbons (Fsp3) is 0.769. The molecule has 1 N–H and O–H groups in total. The van der Waals surface area contributed by atoms with E-state index in [9.17, 15) is 9.90 Å². The van der Waals surface area contributed by atoms with E-state index in [1.807, 2.05) is 20.8 Å². The van der Waals surface area contributed by atoms with Gasteiger partial charge in [0, 0.05) is 6.08 Å². The Hall–Kier alpha value is -0.830. The first-order valence-corrected chi connectivity index (χ1v) is 5.92. The van der Waals surface area contributed by atoms with Crippen LogP contribution in [0.2, 0.25) is 0 Å². The van der Waals surface area contributed by atoms with Crippen molar-refractivity contribution in [1.29, 1.82) is 0 Å². The highest BCUT2D eigenvalue weighted by molar-refractivity contribution is 5.82. The standard InChI is InChI=1S/C13H24O3/c1-5-6-8-11(14)9-7-10-12(15)16-13(2,3)4/h7,10-11,14H,5-6,8-9H2,1-4H3/b10-7-/t11-/m1/s1. The van der Waals surface area contributed by atoms with E-state index >= 15 is 0 Å². The number of aliphatic hydroxyl groups excluding tert-OH is 1. The molecule has 0 unspecified atom stereocenters. The van der Waals surface area contributed by atoms with E-state index in [0.29, 0.717) is 6.42 Å². The van der Waals surface area contributed by atoms with Crippen molar-refractivity contribution in [1.82, 2.24) is 0 Å². The Morgan fingerprint density at radius 3 is 2.56 bits per heavy atom. The molecule has 0 aliphatic heterocycles. The summed E-state index contributed by atoms with van der Waals surface area (Å²) in [6.07, 6.45) is 6.11. The maximum atomic E-state index is 11.3. The molecule has 1 atom stereocenters. The van der Waals surface area contributed by atoms with Crippen molar-refractivity contribution in [2.24, 2.45) is 0 Å². The van der Waals surface area contributed by atoms with E-state index in [4.69, 9.17) is 4.74 Å². The summed E-state index contributed by atoms with van der Waals surface area (Å²) < 4.78 is 5.09. The van der Waals surface area contributed by atoms with Gasteiger partial charge in [-0.05, 0) is 33.6 Å². The molecular weight excluding hydrogens is 204 g/mol. The number of aliphatic hydroxyl groups is 1. The van der Waals surface area contributed by atoms with E-state index in [2.05, 4.69) is 6.92 Å². The third-order valence-electron chi connectivity index (χ3n) is 1.96. The van der Waals surface area contributed by atoms with Gasteiger partial charge in [-0.3, -0.25) is 0 Å². The highest BCUT2D eigenvalue weighted by Crippen LogP contribution is 2.08. The summed E-state index contributed by atoms with van der Waals surface area (Å²) in [4.78, 5) is 11.3. The summed E-state index contributed by atoms with van der Waals surface area (Å²) in [5.41, 5.74) is -0.456. The fourth-order valence-corrected chi connectivity index (χ4v) is 1.21. The van der Waals surface area contributed by atoms with E-state index in [1.54, 1.807) is 6.08 Å². The molecule has 0 bridgehead atoms. The van der Waals surface area contributed by atoms with Gasteiger partial charge in [0.15, 0.2) is 0 Å². The van der Waals surface area contributed by atoms with E-state index < -0.39 is 5.60 Å². The molecule has 0 aliphatic carbocycles. The Morgan fingerprint density at radius 1 is 1.44 bits per heavy atom. The Balaban J connectivity index is 3.79. The van der Waals surface area contributed by atoms with Crippen molar-refractivity contribution >= 4 is 5.97 Å². The summed E-state index contributed by atoms with van der Waals surface area (Å²) in [5.74, 6) is -0.352. The predicted molar refractivity (Wildman–Crippen MR) is 65.1 cm³/mol. The predicted octanol–water partition coefficient (Wildman–Crippen LogP) is 2.83. The summed E-state index contributed by atoms with van der Waals surface area (Å²) >= 11 is 0. The van der Waals surface area contributed by atoms with Gasteiger partial charge in [0.25, 0.3) is 0 Å². The van der Waals surface area contributed by atoms with Crippen LogP contribution in [0.25, 0.3) is 0 Å². The van der Waals surface area contributed by atoms with Gasteiger partial charge in [-0.1, -0.05) is 25.8 Å². The molecule has 0 radical (unpaired) electrons. The number of unbranched alkanes of at least 4 members (excludes halogenated alkanes) is 1. The minimum atomic E-state index is -0.456. The van der Waals surface area contributed by atoms with E-state index in [0.717, 1.165) is 19.3 Å². The van der Waals surface area contributed by atoms with Gasteiger partial charge in [-0.2, -0.15) is 0 Å². The van der Waals surface area contributed by atoms with E-state index in [-0.39, 0.29) is 12.1 Å². The second-order valence-corrected chi connectivity index (χ2v) is 4.97. The summed E-state index contributed by atoms with van der Waals surface area (Å²) in [6, 6.07) is 0. The van der Waals surface area contributed by atoms with Crippen LogP contribution in [0.15, 0.2) is 12.2 Å². The zero-order valence-electron chi connectivity index (χ0n) is 10.8. The fourth-order valence-electron chi connectivity index (χ4n) is 1.21. The quantitative estimate of drug-likeness (QED) is 0.561. The maximum absolute atomic E-state index is 11.3. The molecule has 3 nitrogen and oxygen atoms in total. The van der Waals surface area contributed by atoms with Gasteiger partial charge in [0.05, 0.1) is 6.10 Å². The van der Waals surface area contributed by atoms with Crippen molar-refractivity contribution in [3.63, 3.8) is 0 Å². The number of carbonyl (C=O) groups is 1. The van der Waals surface area contributed by atoms with Crippen LogP contribution in [-0.4, -0.2) is 22.8 Å². The molecule has 16 heavy (non-hydrogen) atoms. The van der Waals surface area contributed by atoms with Crippen LogP contribution in [0.5, 0.6) is 0 Å². The Morgan fingerprint density at radius 2 is 2.06 bits per heavy atom. The number of carbonyl (C=O) groups excluding carboxylic acids is 1. The zero-order chi connectivity index (χ0) is 12.6. The van der Waals surface area contributed by atoms with Gasteiger partial charge >= 0.3 is 5.97 Å². The SMILES string of the molecule is CCCC[C@@H](O)C/C=C\C(=O)OC(C)(C)C. The van der Waals surface area contributed by atoms with Gasteiger partial charge < -0.3 is 9.84 Å². The second-order valence-electron chi connectivity index (χ2n) is 4.97. The molecule has 0 aliphatic rings. The van der Waals surface area contributed by atoms with Crippen LogP contribution in [0, 0.1) is 0 Å². The highest BCUT2D eigenvalue weighted by Gasteiger charge is 2.13. The van der Waals surface area contributed by atoms with Crippen LogP contribution in [0.4, 0.5) is 0 Å². The van der Waals surface area contributed by atoms with Crippen molar-refractivity contribution in [3.8, 4) is 0 Å². The normalized spacial score (nSPS) is 14.1. The molecular formula is C13H24O3. The molecule has 0 saturated heterocycles. The molecule has 0 fully saturated rings. The van der Waals surface area contributed by atoms with Crippen LogP contribution < -0.4 is 0 Å². The first kappa shape index (κ1) is 15.2. The average molecular weight is 228 g/mol. The Kier molecular flexibility index (Phi) is 7.06. The van der Waals surface area contributed by atoms with Gasteiger partial charge in [-0.15, -0.1) is 0 Å². The summed E-state index contributed by atoms with van der Waals surface area (Å²) in [7, 11) is 0. The lowest BCUT2D eigenvalue weighted by Crippen LogP contribution is -2.22. The Labute approximate surface area is 98.5 Å². The number of hydrogen-bond donors (Lipinski definition) is 1. The third-order valence-corrected chi connectivity index (χ3v) is 1.96. The van der Waals surface area contributed by atoms with Gasteiger partial charge in [-0.25, -0.2) is 4.79 Å². The highest BCUT2D eigenvalue weighted by atomic mass is 16.6. The molecule has 0 aromatic rings. The van der Waals surface area contributed by atoms with Crippen LogP contribution >= 0.6 is 0 Å². The third kappa shape index (κ3) is 9.71. The van der Waals surface area contributed by atoms with Crippen molar-refractivity contribution in [2.45, 2.75) is 65.1 Å². The number of ether oxygens (including phenoxy) is 1. The van der Waals surface area contributed by atoms with Crippen LogP contribution in [0.3, 0.4) is 0 Å². The lowest BCUT2D eigenvalue weighted by Gasteiger charge is -2.17. The number of hydrogen-bond acceptors (Lipinski definition) is 3. The number of rotatable bonds is 6. The second kappa shape index (κ2) is 7.44. The molecule has 3 heteroatoms. The lowest BCUT2D eigenvalue weighted by molar-refractivity contribution is -0.148. The Bertz CT molecular complexity index is 226. The first-order valence-electron chi connectivity index (χ1n) is 5.92. The molecule has 94 valence electrons. The van der Waals surface area contributed by atoms with Crippen molar-refractivity contribution in [3.05, 3.63) is 12.2 Å². The smallest absolute Gasteiger partial charge is 0.330 e. The topological polar surface area (TPSA) is 46.5 Å². The lowest BCUT2D eigenvalue weighted by atomic mass is 10.1. The van der Waals surface area contributed by atoms with Gasteiger partial charge in [0.1, 0.15) is 5.60 Å². The molecule has 0 rings (SSSR count).